The maximum Gasteiger partial charge on any atom is 0.240 e. The van der Waals surface area contributed by atoms with E-state index in [1.54, 1.807) is 31.5 Å². The van der Waals surface area contributed by atoms with Gasteiger partial charge in [-0.3, -0.25) is 19.5 Å². The van der Waals surface area contributed by atoms with Gasteiger partial charge in [0.1, 0.15) is 22.7 Å². The number of methoxy groups -OCH3 is 1. The Bertz CT molecular complexity index is 1720. The molecule has 0 unspecified atom stereocenters. The van der Waals surface area contributed by atoms with Gasteiger partial charge in [-0.2, -0.15) is 0 Å². The lowest BCUT2D eigenvalue weighted by atomic mass is 10.0. The van der Waals surface area contributed by atoms with Crippen molar-refractivity contribution in [2.75, 3.05) is 57.2 Å². The van der Waals surface area contributed by atoms with Crippen LogP contribution in [0.1, 0.15) is 24.8 Å². The predicted octanol–water partition coefficient (Wildman–Crippen LogP) is 5.94. The van der Waals surface area contributed by atoms with Crippen LogP contribution in [0.15, 0.2) is 66.9 Å². The number of nitrogens with one attached hydrogen (secondary N) is 2. The molecule has 11 heteroatoms. The van der Waals surface area contributed by atoms with Gasteiger partial charge in [-0.05, 0) is 86.3 Å². The predicted molar refractivity (Wildman–Crippen MR) is 172 cm³/mol. The van der Waals surface area contributed by atoms with E-state index in [9.17, 15) is 14.0 Å². The number of halogens is 1. The average Bonchev–Trinajstić information content (AvgIpc) is 3.88. The number of morpholine rings is 1. The standard InChI is InChI=1S/C35H37FN4O6/c1-23-20-26(8-9-28(23)39-34(42)35(11-12-35)33(41)38-25-6-4-24(36)5-7-25)46-30-10-13-37-29-22-32(31(43-2)21-27(29)30)45-17-3-14-40-15-18-44-19-16-40/h4-10,13,20-22H,3,11-12,14-19H2,1-2H3,(H,38,41)(H,39,42). The summed E-state index contributed by atoms with van der Waals surface area (Å²) in [6, 6.07) is 16.3. The summed E-state index contributed by atoms with van der Waals surface area (Å²) in [6.07, 6.45) is 3.44. The van der Waals surface area contributed by atoms with Crippen LogP contribution < -0.4 is 24.8 Å². The number of benzene rings is 3. The van der Waals surface area contributed by atoms with Gasteiger partial charge < -0.3 is 29.6 Å². The molecule has 46 heavy (non-hydrogen) atoms. The van der Waals surface area contributed by atoms with E-state index in [1.807, 2.05) is 25.1 Å². The molecule has 1 saturated carbocycles. The lowest BCUT2D eigenvalue weighted by molar-refractivity contribution is -0.131. The third-order valence-corrected chi connectivity index (χ3v) is 8.36. The van der Waals surface area contributed by atoms with Crippen LogP contribution >= 0.6 is 0 Å². The molecule has 1 aliphatic carbocycles. The first-order valence-electron chi connectivity index (χ1n) is 15.4. The second-order valence-electron chi connectivity index (χ2n) is 11.6. The number of fused-ring (bicyclic) bond motifs is 1. The Kier molecular flexibility index (Phi) is 9.32. The van der Waals surface area contributed by atoms with Crippen molar-refractivity contribution in [1.29, 1.82) is 0 Å². The molecule has 2 heterocycles. The Hall–Kier alpha value is -4.74. The zero-order valence-electron chi connectivity index (χ0n) is 25.9. The van der Waals surface area contributed by atoms with Gasteiger partial charge in [0, 0.05) is 48.7 Å². The smallest absolute Gasteiger partial charge is 0.240 e. The van der Waals surface area contributed by atoms with Crippen molar-refractivity contribution >= 4 is 34.1 Å². The molecular weight excluding hydrogens is 591 g/mol. The van der Waals surface area contributed by atoms with Crippen LogP contribution in [0.4, 0.5) is 15.8 Å². The highest BCUT2D eigenvalue weighted by atomic mass is 19.1. The maximum atomic E-state index is 13.2. The number of ether oxygens (including phenoxy) is 4. The minimum Gasteiger partial charge on any atom is -0.493 e. The fraction of sp³-hybridized carbons (Fsp3) is 0.343. The largest absolute Gasteiger partial charge is 0.493 e. The Morgan fingerprint density at radius 3 is 2.43 bits per heavy atom. The van der Waals surface area contributed by atoms with Crippen molar-refractivity contribution in [2.45, 2.75) is 26.2 Å². The molecule has 3 aromatic carbocycles. The summed E-state index contributed by atoms with van der Waals surface area (Å²) in [5, 5.41) is 6.39. The minimum absolute atomic E-state index is 0.379. The highest BCUT2D eigenvalue weighted by Crippen LogP contribution is 2.48. The third-order valence-electron chi connectivity index (χ3n) is 8.36. The van der Waals surface area contributed by atoms with Gasteiger partial charge in [0.15, 0.2) is 11.5 Å². The molecule has 0 radical (unpaired) electrons. The lowest BCUT2D eigenvalue weighted by Gasteiger charge is -2.26. The highest BCUT2D eigenvalue weighted by molar-refractivity contribution is 6.17. The summed E-state index contributed by atoms with van der Waals surface area (Å²) in [6.45, 7) is 6.80. The van der Waals surface area contributed by atoms with Gasteiger partial charge in [-0.15, -0.1) is 0 Å². The number of hydrogen-bond acceptors (Lipinski definition) is 8. The number of carbonyl (C=O) groups is 2. The fourth-order valence-corrected chi connectivity index (χ4v) is 5.46. The Labute approximate surface area is 266 Å². The molecule has 1 aromatic heterocycles. The first-order valence-corrected chi connectivity index (χ1v) is 15.4. The number of rotatable bonds is 12. The first-order chi connectivity index (χ1) is 22.3. The van der Waals surface area contributed by atoms with Gasteiger partial charge in [-0.1, -0.05) is 0 Å². The summed E-state index contributed by atoms with van der Waals surface area (Å²) in [4.78, 5) is 33.0. The Balaban J connectivity index is 1.10. The Morgan fingerprint density at radius 2 is 1.72 bits per heavy atom. The molecule has 1 aliphatic heterocycles. The molecule has 2 fully saturated rings. The number of pyridine rings is 1. The van der Waals surface area contributed by atoms with Crippen LogP contribution in [-0.4, -0.2) is 68.3 Å². The monoisotopic (exact) mass is 628 g/mol. The molecule has 1 saturated heterocycles. The summed E-state index contributed by atoms with van der Waals surface area (Å²) < 4.78 is 36.7. The molecule has 10 nitrogen and oxygen atoms in total. The lowest BCUT2D eigenvalue weighted by Crippen LogP contribution is -2.37. The van der Waals surface area contributed by atoms with E-state index in [0.717, 1.165) is 50.2 Å². The van der Waals surface area contributed by atoms with Crippen LogP contribution in [0, 0.1) is 18.2 Å². The maximum absolute atomic E-state index is 13.2. The normalized spacial score (nSPS) is 15.6. The van der Waals surface area contributed by atoms with E-state index < -0.39 is 17.1 Å². The summed E-state index contributed by atoms with van der Waals surface area (Å²) in [5.41, 5.74) is 1.33. The SMILES string of the molecule is COc1cc2c(Oc3ccc(NC(=O)C4(C(=O)Nc5ccc(F)cc5)CC4)c(C)c3)ccnc2cc1OCCCN1CCOCC1. The molecule has 4 aromatic rings. The number of anilines is 2. The van der Waals surface area contributed by atoms with Crippen LogP contribution in [0.5, 0.6) is 23.0 Å². The number of aryl methyl sites for hydroxylation is 1. The van der Waals surface area contributed by atoms with Gasteiger partial charge in [0.05, 0.1) is 32.4 Å². The zero-order chi connectivity index (χ0) is 32.1. The van der Waals surface area contributed by atoms with Crippen LogP contribution in [0.25, 0.3) is 10.9 Å². The first kappa shape index (κ1) is 31.3. The summed E-state index contributed by atoms with van der Waals surface area (Å²) in [5.74, 6) is 1.18. The van der Waals surface area contributed by atoms with Gasteiger partial charge in [0.2, 0.25) is 11.8 Å². The number of hydrogen-bond donors (Lipinski definition) is 2. The van der Waals surface area contributed by atoms with Crippen molar-refractivity contribution in [3.05, 3.63) is 78.2 Å². The number of nitrogens with zero attached hydrogens (tertiary/aromatic N) is 2. The molecule has 2 aliphatic rings. The minimum atomic E-state index is -1.16. The average molecular weight is 629 g/mol. The van der Waals surface area contributed by atoms with E-state index in [-0.39, 0.29) is 5.91 Å². The molecular formula is C35H37FN4O6. The van der Waals surface area contributed by atoms with Crippen LogP contribution in [0.3, 0.4) is 0 Å². The molecule has 0 spiro atoms. The quantitative estimate of drug-likeness (QED) is 0.147. The second-order valence-corrected chi connectivity index (χ2v) is 11.6. The van der Waals surface area contributed by atoms with Crippen LogP contribution in [-0.2, 0) is 14.3 Å². The number of amides is 2. The van der Waals surface area contributed by atoms with E-state index >= 15 is 0 Å². The molecule has 6 rings (SSSR count). The van der Waals surface area contributed by atoms with Gasteiger partial charge in [-0.25, -0.2) is 4.39 Å². The van der Waals surface area contributed by atoms with Crippen molar-refractivity contribution in [3.8, 4) is 23.0 Å². The second kappa shape index (κ2) is 13.7. The van der Waals surface area contributed by atoms with Crippen LogP contribution in [0.2, 0.25) is 0 Å². The molecule has 240 valence electrons. The van der Waals surface area contributed by atoms with E-state index in [2.05, 4.69) is 20.5 Å². The van der Waals surface area contributed by atoms with Crippen molar-refractivity contribution < 1.29 is 32.9 Å². The van der Waals surface area contributed by atoms with Gasteiger partial charge >= 0.3 is 0 Å². The van der Waals surface area contributed by atoms with E-state index in [4.69, 9.17) is 18.9 Å². The van der Waals surface area contributed by atoms with Crippen molar-refractivity contribution in [1.82, 2.24) is 9.88 Å². The van der Waals surface area contributed by atoms with E-state index in [1.165, 1.54) is 24.3 Å². The molecule has 2 N–H and O–H groups in total. The van der Waals surface area contributed by atoms with Crippen molar-refractivity contribution in [3.63, 3.8) is 0 Å². The number of aromatic nitrogens is 1. The third kappa shape index (κ3) is 7.05. The highest BCUT2D eigenvalue weighted by Gasteiger charge is 2.56. The molecule has 0 atom stereocenters. The number of carbonyl (C=O) groups excluding carboxylic acids is 2. The van der Waals surface area contributed by atoms with E-state index in [0.29, 0.717) is 59.3 Å². The molecule has 2 amide bonds. The zero-order valence-corrected chi connectivity index (χ0v) is 25.9. The van der Waals surface area contributed by atoms with Crippen molar-refractivity contribution in [2.24, 2.45) is 5.41 Å². The topological polar surface area (TPSA) is 111 Å². The Morgan fingerprint density at radius 1 is 0.957 bits per heavy atom. The summed E-state index contributed by atoms with van der Waals surface area (Å²) >= 11 is 0. The van der Waals surface area contributed by atoms with Gasteiger partial charge in [0.25, 0.3) is 0 Å². The summed E-state index contributed by atoms with van der Waals surface area (Å²) in [7, 11) is 1.60. The fourth-order valence-electron chi connectivity index (χ4n) is 5.46. The molecule has 0 bridgehead atoms.